The Labute approximate surface area is 106 Å². The molecule has 0 aliphatic carbocycles. The van der Waals surface area contributed by atoms with Gasteiger partial charge in [-0.1, -0.05) is 0 Å². The van der Waals surface area contributed by atoms with Crippen molar-refractivity contribution in [3.8, 4) is 0 Å². The van der Waals surface area contributed by atoms with Gasteiger partial charge in [-0.25, -0.2) is 9.78 Å². The van der Waals surface area contributed by atoms with Crippen molar-refractivity contribution in [1.29, 1.82) is 0 Å². The van der Waals surface area contributed by atoms with Gasteiger partial charge in [-0.3, -0.25) is 0 Å². The van der Waals surface area contributed by atoms with E-state index in [0.29, 0.717) is 19.6 Å². The third-order valence-electron chi connectivity index (χ3n) is 2.62. The Hall–Kier alpha value is -1.56. The van der Waals surface area contributed by atoms with Crippen LogP contribution in [0, 0.1) is 0 Å². The summed E-state index contributed by atoms with van der Waals surface area (Å²) in [5.41, 5.74) is -0.469. The number of amides is 1. The Morgan fingerprint density at radius 1 is 1.61 bits per heavy atom. The topological polar surface area (TPSA) is 67.6 Å². The number of nitrogens with zero attached hydrogens (tertiary/aromatic N) is 2. The molecule has 100 valence electrons. The van der Waals surface area contributed by atoms with Crippen molar-refractivity contribution in [3.05, 3.63) is 18.4 Å². The molecule has 1 atom stereocenters. The fraction of sp³-hybridized carbons (Fsp3) is 0.667. The van der Waals surface area contributed by atoms with Crippen LogP contribution in [0.2, 0.25) is 0 Å². The number of oxazole rings is 1. The van der Waals surface area contributed by atoms with Crippen molar-refractivity contribution < 1.29 is 13.9 Å². The van der Waals surface area contributed by atoms with Crippen LogP contribution in [0.4, 0.5) is 4.79 Å². The SMILES string of the molecule is CC(C)(C)OC(=O)N1CCNC(c2cnco2)C1. The van der Waals surface area contributed by atoms with Gasteiger partial charge in [-0.05, 0) is 20.8 Å². The highest BCUT2D eigenvalue weighted by atomic mass is 16.6. The first-order valence-electron chi connectivity index (χ1n) is 6.05. The first kappa shape index (κ1) is 12.9. The second kappa shape index (κ2) is 4.97. The van der Waals surface area contributed by atoms with E-state index in [2.05, 4.69) is 10.3 Å². The van der Waals surface area contributed by atoms with E-state index in [0.717, 1.165) is 5.76 Å². The molecule has 1 fully saturated rings. The zero-order valence-electron chi connectivity index (χ0n) is 11.0. The number of rotatable bonds is 1. The molecule has 1 aliphatic rings. The molecule has 1 aromatic rings. The van der Waals surface area contributed by atoms with Gasteiger partial charge in [0.2, 0.25) is 0 Å². The van der Waals surface area contributed by atoms with Gasteiger partial charge < -0.3 is 19.4 Å². The first-order chi connectivity index (χ1) is 8.46. The van der Waals surface area contributed by atoms with Gasteiger partial charge in [0, 0.05) is 19.6 Å². The number of carbonyl (C=O) groups is 1. The summed E-state index contributed by atoms with van der Waals surface area (Å²) in [6.07, 6.45) is 2.77. The second-order valence-corrected chi connectivity index (χ2v) is 5.34. The standard InChI is InChI=1S/C12H19N3O3/c1-12(2,3)18-11(16)15-5-4-14-9(7-15)10-6-13-8-17-10/h6,8-9,14H,4-5,7H2,1-3H3. The summed E-state index contributed by atoms with van der Waals surface area (Å²) in [6.45, 7) is 7.47. The van der Waals surface area contributed by atoms with Crippen LogP contribution in [0.3, 0.4) is 0 Å². The zero-order valence-corrected chi connectivity index (χ0v) is 11.0. The first-order valence-corrected chi connectivity index (χ1v) is 6.05. The zero-order chi connectivity index (χ0) is 13.2. The molecule has 6 heteroatoms. The number of ether oxygens (including phenoxy) is 1. The lowest BCUT2D eigenvalue weighted by atomic mass is 10.2. The van der Waals surface area contributed by atoms with E-state index in [1.165, 1.54) is 6.39 Å². The van der Waals surface area contributed by atoms with Gasteiger partial charge in [-0.15, -0.1) is 0 Å². The Kier molecular flexibility index (Phi) is 3.56. The molecular formula is C12H19N3O3. The van der Waals surface area contributed by atoms with Gasteiger partial charge in [0.1, 0.15) is 11.4 Å². The summed E-state index contributed by atoms with van der Waals surface area (Å²) >= 11 is 0. The van der Waals surface area contributed by atoms with Gasteiger partial charge in [-0.2, -0.15) is 0 Å². The van der Waals surface area contributed by atoms with Gasteiger partial charge in [0.15, 0.2) is 6.39 Å². The molecule has 0 aromatic carbocycles. The minimum atomic E-state index is -0.469. The Bertz CT molecular complexity index is 397. The predicted molar refractivity (Wildman–Crippen MR) is 65.1 cm³/mol. The van der Waals surface area contributed by atoms with Crippen molar-refractivity contribution in [3.63, 3.8) is 0 Å². The summed E-state index contributed by atoms with van der Waals surface area (Å²) in [5, 5.41) is 3.29. The van der Waals surface area contributed by atoms with Crippen LogP contribution in [-0.4, -0.2) is 41.2 Å². The molecular weight excluding hydrogens is 234 g/mol. The summed E-state index contributed by atoms with van der Waals surface area (Å²) in [4.78, 5) is 17.5. The highest BCUT2D eigenvalue weighted by molar-refractivity contribution is 5.68. The lowest BCUT2D eigenvalue weighted by molar-refractivity contribution is 0.0188. The average Bonchev–Trinajstić information content (AvgIpc) is 2.80. The highest BCUT2D eigenvalue weighted by Crippen LogP contribution is 2.18. The summed E-state index contributed by atoms with van der Waals surface area (Å²) < 4.78 is 10.6. The molecule has 0 radical (unpaired) electrons. The van der Waals surface area contributed by atoms with Crippen LogP contribution in [0.15, 0.2) is 17.0 Å². The second-order valence-electron chi connectivity index (χ2n) is 5.34. The fourth-order valence-electron chi connectivity index (χ4n) is 1.83. The summed E-state index contributed by atoms with van der Waals surface area (Å²) in [6, 6.07) is -0.0197. The van der Waals surface area contributed by atoms with Crippen LogP contribution < -0.4 is 5.32 Å². The number of aromatic nitrogens is 1. The third kappa shape index (κ3) is 3.22. The predicted octanol–water partition coefficient (Wildman–Crippen LogP) is 1.56. The van der Waals surface area contributed by atoms with E-state index in [1.54, 1.807) is 11.1 Å². The number of hydrogen-bond donors (Lipinski definition) is 1. The van der Waals surface area contributed by atoms with E-state index in [1.807, 2.05) is 20.8 Å². The Morgan fingerprint density at radius 3 is 3.00 bits per heavy atom. The molecule has 0 spiro atoms. The van der Waals surface area contributed by atoms with Crippen molar-refractivity contribution in [1.82, 2.24) is 15.2 Å². The van der Waals surface area contributed by atoms with E-state index in [-0.39, 0.29) is 12.1 Å². The number of hydrogen-bond acceptors (Lipinski definition) is 5. The minimum absolute atomic E-state index is 0.0197. The van der Waals surface area contributed by atoms with E-state index >= 15 is 0 Å². The van der Waals surface area contributed by atoms with Crippen LogP contribution in [0.25, 0.3) is 0 Å². The van der Waals surface area contributed by atoms with E-state index in [4.69, 9.17) is 9.15 Å². The molecule has 1 aromatic heterocycles. The Balaban J connectivity index is 1.96. The maximum absolute atomic E-state index is 12.0. The van der Waals surface area contributed by atoms with Crippen molar-refractivity contribution in [2.75, 3.05) is 19.6 Å². The minimum Gasteiger partial charge on any atom is -0.447 e. The number of piperazine rings is 1. The smallest absolute Gasteiger partial charge is 0.410 e. The van der Waals surface area contributed by atoms with Gasteiger partial charge >= 0.3 is 6.09 Å². The molecule has 1 amide bonds. The average molecular weight is 253 g/mol. The van der Waals surface area contributed by atoms with Crippen molar-refractivity contribution in [2.24, 2.45) is 0 Å². The monoisotopic (exact) mass is 253 g/mol. The largest absolute Gasteiger partial charge is 0.447 e. The molecule has 1 N–H and O–H groups in total. The maximum atomic E-state index is 12.0. The molecule has 0 bridgehead atoms. The van der Waals surface area contributed by atoms with Gasteiger partial charge in [0.05, 0.1) is 12.2 Å². The normalized spacial score (nSPS) is 20.8. The lowest BCUT2D eigenvalue weighted by Crippen LogP contribution is -2.49. The fourth-order valence-corrected chi connectivity index (χ4v) is 1.83. The van der Waals surface area contributed by atoms with Crippen molar-refractivity contribution >= 4 is 6.09 Å². The molecule has 2 rings (SSSR count). The van der Waals surface area contributed by atoms with Crippen LogP contribution in [0.5, 0.6) is 0 Å². The van der Waals surface area contributed by atoms with Crippen LogP contribution in [-0.2, 0) is 4.74 Å². The highest BCUT2D eigenvalue weighted by Gasteiger charge is 2.29. The maximum Gasteiger partial charge on any atom is 0.410 e. The molecule has 0 saturated carbocycles. The molecule has 1 unspecified atom stereocenters. The molecule has 18 heavy (non-hydrogen) atoms. The van der Waals surface area contributed by atoms with E-state index < -0.39 is 5.60 Å². The lowest BCUT2D eigenvalue weighted by Gasteiger charge is -2.33. The quantitative estimate of drug-likeness (QED) is 0.822. The Morgan fingerprint density at radius 2 is 2.39 bits per heavy atom. The van der Waals surface area contributed by atoms with Crippen molar-refractivity contribution in [2.45, 2.75) is 32.4 Å². The summed E-state index contributed by atoms with van der Waals surface area (Å²) in [5.74, 6) is 0.739. The van der Waals surface area contributed by atoms with E-state index in [9.17, 15) is 4.79 Å². The third-order valence-corrected chi connectivity index (χ3v) is 2.62. The number of carbonyl (C=O) groups excluding carboxylic acids is 1. The molecule has 1 aliphatic heterocycles. The molecule has 2 heterocycles. The van der Waals surface area contributed by atoms with Gasteiger partial charge in [0.25, 0.3) is 0 Å². The van der Waals surface area contributed by atoms with Crippen LogP contribution >= 0.6 is 0 Å². The number of nitrogens with one attached hydrogen (secondary N) is 1. The molecule has 1 saturated heterocycles. The molecule has 6 nitrogen and oxygen atoms in total. The summed E-state index contributed by atoms with van der Waals surface area (Å²) in [7, 11) is 0. The van der Waals surface area contributed by atoms with Crippen LogP contribution in [0.1, 0.15) is 32.6 Å².